The lowest BCUT2D eigenvalue weighted by molar-refractivity contribution is -0.126. The number of hydrogen-bond donors (Lipinski definition) is 1. The summed E-state index contributed by atoms with van der Waals surface area (Å²) in [6, 6.07) is 7.48. The van der Waals surface area contributed by atoms with Gasteiger partial charge in [0.25, 0.3) is 5.91 Å². The van der Waals surface area contributed by atoms with Crippen LogP contribution in [-0.4, -0.2) is 27.6 Å². The number of benzene rings is 1. The smallest absolute Gasteiger partial charge is 0.266 e. The minimum atomic E-state index is -0.331. The van der Waals surface area contributed by atoms with Crippen molar-refractivity contribution >= 4 is 111 Å². The highest BCUT2D eigenvalue weighted by Gasteiger charge is 2.33. The van der Waals surface area contributed by atoms with Gasteiger partial charge in [-0.05, 0) is 61.5 Å². The molecule has 0 spiro atoms. The fraction of sp³-hybridized carbons (Fsp3) is 0.0625. The fourth-order valence-corrected chi connectivity index (χ4v) is 6.56. The van der Waals surface area contributed by atoms with Crippen molar-refractivity contribution in [3.63, 3.8) is 0 Å². The number of thiophene rings is 1. The molecule has 10 heteroatoms. The fourth-order valence-electron chi connectivity index (χ4n) is 2.12. The van der Waals surface area contributed by atoms with Crippen molar-refractivity contribution in [3.05, 3.63) is 52.8 Å². The van der Waals surface area contributed by atoms with Crippen LogP contribution in [0.15, 0.2) is 48.0 Å². The molecule has 3 rings (SSSR count). The molecule has 0 aliphatic carbocycles. The molecular weight excluding hydrogens is 588 g/mol. The molecular formula is C16H9Br3N2O2S3. The predicted octanol–water partition coefficient (Wildman–Crippen LogP) is 5.88. The monoisotopic (exact) mass is 594 g/mol. The summed E-state index contributed by atoms with van der Waals surface area (Å²) in [4.78, 5) is 27.8. The molecule has 1 fully saturated rings. The summed E-state index contributed by atoms with van der Waals surface area (Å²) in [6.45, 7) is -0.138. The molecule has 26 heavy (non-hydrogen) atoms. The van der Waals surface area contributed by atoms with Gasteiger partial charge in [-0.3, -0.25) is 14.5 Å². The van der Waals surface area contributed by atoms with Gasteiger partial charge in [0.1, 0.15) is 10.9 Å². The Hall–Kier alpha value is -0.520. The van der Waals surface area contributed by atoms with E-state index in [4.69, 9.17) is 12.2 Å². The SMILES string of the molecule is O=C(CN1C(=O)C(=Cc2cccs2)SC1=S)Nc1c(Br)cc(Br)cc1Br. The number of hydrogen-bond acceptors (Lipinski definition) is 5. The first-order chi connectivity index (χ1) is 12.3. The maximum absolute atomic E-state index is 12.6. The maximum Gasteiger partial charge on any atom is 0.266 e. The number of thioether (sulfide) groups is 1. The number of rotatable bonds is 4. The van der Waals surface area contributed by atoms with Gasteiger partial charge >= 0.3 is 0 Å². The standard InChI is InChI=1S/C16H9Br3N2O2S3/c17-8-4-10(18)14(11(19)5-8)20-13(22)7-21-15(23)12(26-16(21)24)6-9-2-1-3-25-9/h1-6H,7H2,(H,20,22). The molecule has 0 bridgehead atoms. The van der Waals surface area contributed by atoms with Crippen molar-refractivity contribution in [3.8, 4) is 0 Å². The molecule has 0 atom stereocenters. The van der Waals surface area contributed by atoms with E-state index in [9.17, 15) is 9.59 Å². The van der Waals surface area contributed by atoms with E-state index in [0.717, 1.165) is 18.3 Å². The van der Waals surface area contributed by atoms with E-state index in [1.165, 1.54) is 28.0 Å². The number of carbonyl (C=O) groups excluding carboxylic acids is 2. The van der Waals surface area contributed by atoms with E-state index in [-0.39, 0.29) is 18.4 Å². The van der Waals surface area contributed by atoms with Crippen molar-refractivity contribution in [2.75, 3.05) is 11.9 Å². The molecule has 1 aromatic heterocycles. The van der Waals surface area contributed by atoms with Gasteiger partial charge in [-0.25, -0.2) is 0 Å². The largest absolute Gasteiger partial charge is 0.323 e. The third-order valence-corrected chi connectivity index (χ3v) is 7.17. The topological polar surface area (TPSA) is 49.4 Å². The second-order valence-corrected chi connectivity index (χ2v) is 10.4. The summed E-state index contributed by atoms with van der Waals surface area (Å²) in [6.07, 6.45) is 1.80. The quantitative estimate of drug-likeness (QED) is 0.354. The third kappa shape index (κ3) is 4.66. The molecule has 0 radical (unpaired) electrons. The minimum Gasteiger partial charge on any atom is -0.323 e. The van der Waals surface area contributed by atoms with Crippen LogP contribution in [0.1, 0.15) is 4.88 Å². The molecule has 1 aromatic carbocycles. The average molecular weight is 597 g/mol. The Balaban J connectivity index is 1.72. The third-order valence-electron chi connectivity index (χ3n) is 3.26. The van der Waals surface area contributed by atoms with E-state index in [1.54, 1.807) is 6.08 Å². The number of thiocarbonyl (C=S) groups is 1. The van der Waals surface area contributed by atoms with Gasteiger partial charge in [-0.15, -0.1) is 11.3 Å². The number of halogens is 3. The number of amides is 2. The molecule has 1 N–H and O–H groups in total. The van der Waals surface area contributed by atoms with E-state index in [0.29, 0.717) is 14.9 Å². The zero-order chi connectivity index (χ0) is 18.8. The molecule has 0 saturated carbocycles. The molecule has 4 nitrogen and oxygen atoms in total. The lowest BCUT2D eigenvalue weighted by Gasteiger charge is -2.15. The molecule has 1 aliphatic rings. The lowest BCUT2D eigenvalue weighted by Crippen LogP contribution is -2.36. The summed E-state index contributed by atoms with van der Waals surface area (Å²) in [5.41, 5.74) is 0.595. The highest BCUT2D eigenvalue weighted by molar-refractivity contribution is 9.11. The van der Waals surface area contributed by atoms with Crippen LogP contribution >= 0.6 is 83.1 Å². The Labute approximate surface area is 188 Å². The van der Waals surface area contributed by atoms with Gasteiger partial charge in [0.05, 0.1) is 10.6 Å². The highest BCUT2D eigenvalue weighted by atomic mass is 79.9. The van der Waals surface area contributed by atoms with Crippen LogP contribution in [-0.2, 0) is 9.59 Å². The van der Waals surface area contributed by atoms with Gasteiger partial charge < -0.3 is 5.32 Å². The molecule has 2 heterocycles. The molecule has 2 amide bonds. The first-order valence-corrected chi connectivity index (χ1v) is 11.6. The summed E-state index contributed by atoms with van der Waals surface area (Å²) in [5.74, 6) is -0.583. The Kier molecular flexibility index (Phi) is 6.73. The van der Waals surface area contributed by atoms with E-state index in [1.807, 2.05) is 29.6 Å². The van der Waals surface area contributed by atoms with E-state index >= 15 is 0 Å². The summed E-state index contributed by atoms with van der Waals surface area (Å²) in [5, 5.41) is 4.74. The van der Waals surface area contributed by atoms with Gasteiger partial charge in [-0.1, -0.05) is 46.0 Å². The second kappa shape index (κ2) is 8.66. The Morgan fingerprint density at radius 3 is 2.58 bits per heavy atom. The minimum absolute atomic E-state index is 0.138. The van der Waals surface area contributed by atoms with Gasteiger partial charge in [0.2, 0.25) is 5.91 Å². The first kappa shape index (κ1) is 20.2. The number of anilines is 1. The van der Waals surface area contributed by atoms with Crippen LogP contribution in [0, 0.1) is 0 Å². The number of nitrogens with zero attached hydrogens (tertiary/aromatic N) is 1. The van der Waals surface area contributed by atoms with Crippen molar-refractivity contribution in [2.45, 2.75) is 0 Å². The van der Waals surface area contributed by atoms with E-state index in [2.05, 4.69) is 53.1 Å². The van der Waals surface area contributed by atoms with Crippen molar-refractivity contribution in [1.29, 1.82) is 0 Å². The predicted molar refractivity (Wildman–Crippen MR) is 122 cm³/mol. The summed E-state index contributed by atoms with van der Waals surface area (Å²) >= 11 is 18.2. The van der Waals surface area contributed by atoms with Gasteiger partial charge in [0, 0.05) is 18.3 Å². The maximum atomic E-state index is 12.6. The molecule has 1 aliphatic heterocycles. The number of nitrogens with one attached hydrogen (secondary N) is 1. The zero-order valence-corrected chi connectivity index (χ0v) is 20.0. The van der Waals surface area contributed by atoms with Crippen LogP contribution in [0.5, 0.6) is 0 Å². The van der Waals surface area contributed by atoms with Crippen LogP contribution in [0.4, 0.5) is 5.69 Å². The summed E-state index contributed by atoms with van der Waals surface area (Å²) in [7, 11) is 0. The van der Waals surface area contributed by atoms with Crippen molar-refractivity contribution in [1.82, 2.24) is 4.90 Å². The van der Waals surface area contributed by atoms with Crippen LogP contribution < -0.4 is 5.32 Å². The number of carbonyl (C=O) groups is 2. The molecule has 1 saturated heterocycles. The Morgan fingerprint density at radius 2 is 1.96 bits per heavy atom. The summed E-state index contributed by atoms with van der Waals surface area (Å²) < 4.78 is 2.68. The first-order valence-electron chi connectivity index (χ1n) is 7.08. The molecule has 0 unspecified atom stereocenters. The van der Waals surface area contributed by atoms with Crippen LogP contribution in [0.3, 0.4) is 0 Å². The lowest BCUT2D eigenvalue weighted by atomic mass is 10.3. The highest BCUT2D eigenvalue weighted by Crippen LogP contribution is 2.35. The van der Waals surface area contributed by atoms with Gasteiger partial charge in [0.15, 0.2) is 0 Å². The van der Waals surface area contributed by atoms with Crippen LogP contribution in [0.2, 0.25) is 0 Å². The molecule has 2 aromatic rings. The second-order valence-electron chi connectivity index (χ2n) is 5.08. The van der Waals surface area contributed by atoms with E-state index < -0.39 is 0 Å². The normalized spacial score (nSPS) is 15.8. The zero-order valence-electron chi connectivity index (χ0n) is 12.8. The van der Waals surface area contributed by atoms with Crippen molar-refractivity contribution < 1.29 is 9.59 Å². The average Bonchev–Trinajstić information content (AvgIpc) is 3.15. The molecule has 134 valence electrons. The Morgan fingerprint density at radius 1 is 1.27 bits per heavy atom. The van der Waals surface area contributed by atoms with Crippen LogP contribution in [0.25, 0.3) is 6.08 Å². The Bertz CT molecular complexity index is 906. The van der Waals surface area contributed by atoms with Gasteiger partial charge in [-0.2, -0.15) is 0 Å². The van der Waals surface area contributed by atoms with Crippen molar-refractivity contribution in [2.24, 2.45) is 0 Å².